The molecule has 0 aliphatic carbocycles. The van der Waals surface area contributed by atoms with Crippen molar-refractivity contribution in [3.63, 3.8) is 0 Å². The van der Waals surface area contributed by atoms with Crippen LogP contribution in [0, 0.1) is 13.8 Å². The summed E-state index contributed by atoms with van der Waals surface area (Å²) in [5.41, 5.74) is 3.91. The number of benzene rings is 1. The molecule has 0 atom stereocenters. The van der Waals surface area contributed by atoms with Gasteiger partial charge in [0.25, 0.3) is 0 Å². The summed E-state index contributed by atoms with van der Waals surface area (Å²) < 4.78 is 0. The summed E-state index contributed by atoms with van der Waals surface area (Å²) in [4.78, 5) is 0. The maximum Gasteiger partial charge on any atom is 0.488 e. The third kappa shape index (κ3) is 2.41. The van der Waals surface area contributed by atoms with E-state index in [0.29, 0.717) is 5.46 Å². The Morgan fingerprint density at radius 2 is 1.60 bits per heavy atom. The molecule has 1 rings (SSSR count). The van der Waals surface area contributed by atoms with Gasteiger partial charge in [-0.3, -0.25) is 0 Å². The first-order chi connectivity index (χ1) is 6.75. The second kappa shape index (κ2) is 3.99. The summed E-state index contributed by atoms with van der Waals surface area (Å²) in [6, 6.07) is 3.73. The fraction of sp³-hybridized carbons (Fsp3) is 0.500. The van der Waals surface area contributed by atoms with Crippen LogP contribution in [0.25, 0.3) is 0 Å². The van der Waals surface area contributed by atoms with Crippen LogP contribution in [0.1, 0.15) is 37.5 Å². The molecule has 0 heterocycles. The average Bonchev–Trinajstić information content (AvgIpc) is 2.06. The van der Waals surface area contributed by atoms with E-state index in [1.54, 1.807) is 6.07 Å². The standard InChI is InChI=1S/C12H19BO2/c1-8-6-7-10(13(14)15)11(9(8)2)12(3,4)5/h6-7,14-15H,1-5H3. The smallest absolute Gasteiger partial charge is 0.423 e. The highest BCUT2D eigenvalue weighted by molar-refractivity contribution is 6.59. The molecular formula is C12H19BO2. The molecule has 0 saturated heterocycles. The van der Waals surface area contributed by atoms with Crippen molar-refractivity contribution in [2.45, 2.75) is 40.0 Å². The minimum atomic E-state index is -1.39. The lowest BCUT2D eigenvalue weighted by molar-refractivity contribution is 0.423. The minimum Gasteiger partial charge on any atom is -0.423 e. The van der Waals surface area contributed by atoms with Crippen molar-refractivity contribution >= 4 is 12.6 Å². The zero-order chi connectivity index (χ0) is 11.8. The Labute approximate surface area is 92.1 Å². The number of aryl methyl sites for hydroxylation is 1. The molecule has 15 heavy (non-hydrogen) atoms. The van der Waals surface area contributed by atoms with Crippen molar-refractivity contribution in [2.24, 2.45) is 0 Å². The van der Waals surface area contributed by atoms with Gasteiger partial charge in [0.1, 0.15) is 0 Å². The van der Waals surface area contributed by atoms with Gasteiger partial charge in [0.2, 0.25) is 0 Å². The van der Waals surface area contributed by atoms with Crippen LogP contribution in [0.5, 0.6) is 0 Å². The quantitative estimate of drug-likeness (QED) is 0.679. The highest BCUT2D eigenvalue weighted by Gasteiger charge is 2.26. The normalized spacial score (nSPS) is 11.7. The van der Waals surface area contributed by atoms with Crippen LogP contribution in [0.2, 0.25) is 0 Å². The SMILES string of the molecule is Cc1ccc(B(O)O)c(C(C)(C)C)c1C. The molecule has 2 nitrogen and oxygen atoms in total. The molecule has 0 saturated carbocycles. The number of hydrogen-bond donors (Lipinski definition) is 2. The summed E-state index contributed by atoms with van der Waals surface area (Å²) >= 11 is 0. The Morgan fingerprint density at radius 1 is 1.07 bits per heavy atom. The minimum absolute atomic E-state index is 0.0743. The van der Waals surface area contributed by atoms with Crippen LogP contribution in [-0.4, -0.2) is 17.2 Å². The lowest BCUT2D eigenvalue weighted by atomic mass is 9.68. The fourth-order valence-corrected chi connectivity index (χ4v) is 2.05. The molecule has 1 aromatic carbocycles. The third-order valence-corrected chi connectivity index (χ3v) is 2.80. The first kappa shape index (κ1) is 12.3. The third-order valence-electron chi connectivity index (χ3n) is 2.80. The maximum atomic E-state index is 9.34. The van der Waals surface area contributed by atoms with Crippen molar-refractivity contribution in [3.8, 4) is 0 Å². The van der Waals surface area contributed by atoms with Gasteiger partial charge in [-0.1, -0.05) is 32.9 Å². The first-order valence-electron chi connectivity index (χ1n) is 5.22. The molecule has 0 aliphatic rings. The first-order valence-corrected chi connectivity index (χ1v) is 5.22. The predicted molar refractivity (Wildman–Crippen MR) is 64.4 cm³/mol. The summed E-state index contributed by atoms with van der Waals surface area (Å²) in [7, 11) is -1.39. The molecule has 0 bridgehead atoms. The molecule has 3 heteroatoms. The van der Waals surface area contributed by atoms with Crippen LogP contribution in [0.4, 0.5) is 0 Å². The molecule has 0 radical (unpaired) electrons. The molecular weight excluding hydrogens is 187 g/mol. The second-order valence-electron chi connectivity index (χ2n) is 5.10. The van der Waals surface area contributed by atoms with E-state index in [4.69, 9.17) is 0 Å². The highest BCUT2D eigenvalue weighted by atomic mass is 16.4. The summed E-state index contributed by atoms with van der Waals surface area (Å²) in [6.45, 7) is 10.3. The number of hydrogen-bond acceptors (Lipinski definition) is 2. The van der Waals surface area contributed by atoms with E-state index in [0.717, 1.165) is 11.1 Å². The van der Waals surface area contributed by atoms with Gasteiger partial charge in [0, 0.05) is 0 Å². The van der Waals surface area contributed by atoms with Gasteiger partial charge in [-0.15, -0.1) is 0 Å². The van der Waals surface area contributed by atoms with E-state index >= 15 is 0 Å². The van der Waals surface area contributed by atoms with Crippen LogP contribution >= 0.6 is 0 Å². The van der Waals surface area contributed by atoms with Gasteiger partial charge in [0.15, 0.2) is 0 Å². The Kier molecular flexibility index (Phi) is 3.26. The summed E-state index contributed by atoms with van der Waals surface area (Å²) in [6.07, 6.45) is 0. The lowest BCUT2D eigenvalue weighted by Gasteiger charge is -2.26. The van der Waals surface area contributed by atoms with Crippen LogP contribution < -0.4 is 5.46 Å². The largest absolute Gasteiger partial charge is 0.488 e. The zero-order valence-corrected chi connectivity index (χ0v) is 10.1. The van der Waals surface area contributed by atoms with Gasteiger partial charge < -0.3 is 10.0 Å². The summed E-state index contributed by atoms with van der Waals surface area (Å²) in [5.74, 6) is 0. The Bertz CT molecular complexity index is 365. The van der Waals surface area contributed by atoms with E-state index in [9.17, 15) is 10.0 Å². The lowest BCUT2D eigenvalue weighted by Crippen LogP contribution is -2.38. The topological polar surface area (TPSA) is 40.5 Å². The molecule has 0 amide bonds. The van der Waals surface area contributed by atoms with E-state index in [1.165, 1.54) is 5.56 Å². The molecule has 2 N–H and O–H groups in total. The van der Waals surface area contributed by atoms with Gasteiger partial charge in [-0.25, -0.2) is 0 Å². The van der Waals surface area contributed by atoms with Gasteiger partial charge in [-0.05, 0) is 41.4 Å². The molecule has 0 aromatic heterocycles. The monoisotopic (exact) mass is 206 g/mol. The van der Waals surface area contributed by atoms with Gasteiger partial charge in [0.05, 0.1) is 0 Å². The Hall–Kier alpha value is -0.795. The fourth-order valence-electron chi connectivity index (χ4n) is 2.05. The molecule has 1 aromatic rings. The summed E-state index contributed by atoms with van der Waals surface area (Å²) in [5, 5.41) is 18.7. The van der Waals surface area contributed by atoms with Crippen LogP contribution in [0.3, 0.4) is 0 Å². The Balaban J connectivity index is 3.49. The molecule has 0 spiro atoms. The van der Waals surface area contributed by atoms with E-state index in [-0.39, 0.29) is 5.41 Å². The van der Waals surface area contributed by atoms with E-state index in [1.807, 2.05) is 19.9 Å². The molecule has 0 unspecified atom stereocenters. The van der Waals surface area contributed by atoms with Crippen LogP contribution in [-0.2, 0) is 5.41 Å². The average molecular weight is 206 g/mol. The van der Waals surface area contributed by atoms with Crippen molar-refractivity contribution in [2.75, 3.05) is 0 Å². The highest BCUT2D eigenvalue weighted by Crippen LogP contribution is 2.25. The molecule has 82 valence electrons. The Morgan fingerprint density at radius 3 is 2.00 bits per heavy atom. The van der Waals surface area contributed by atoms with Crippen molar-refractivity contribution in [3.05, 3.63) is 28.8 Å². The maximum absolute atomic E-state index is 9.34. The van der Waals surface area contributed by atoms with Crippen molar-refractivity contribution < 1.29 is 10.0 Å². The zero-order valence-electron chi connectivity index (χ0n) is 10.1. The van der Waals surface area contributed by atoms with E-state index < -0.39 is 7.12 Å². The van der Waals surface area contributed by atoms with Crippen molar-refractivity contribution in [1.29, 1.82) is 0 Å². The van der Waals surface area contributed by atoms with E-state index in [2.05, 4.69) is 20.8 Å². The van der Waals surface area contributed by atoms with Crippen molar-refractivity contribution in [1.82, 2.24) is 0 Å². The van der Waals surface area contributed by atoms with Gasteiger partial charge in [-0.2, -0.15) is 0 Å². The number of rotatable bonds is 1. The predicted octanol–water partition coefficient (Wildman–Crippen LogP) is 1.28. The molecule has 0 aliphatic heterocycles. The van der Waals surface area contributed by atoms with Crippen LogP contribution in [0.15, 0.2) is 12.1 Å². The molecule has 0 fully saturated rings. The second-order valence-corrected chi connectivity index (χ2v) is 5.10. The van der Waals surface area contributed by atoms with Gasteiger partial charge >= 0.3 is 7.12 Å².